The molecule has 0 saturated heterocycles. The van der Waals surface area contributed by atoms with Gasteiger partial charge in [0.15, 0.2) is 0 Å². The van der Waals surface area contributed by atoms with E-state index < -0.39 is 11.6 Å². The third-order valence-corrected chi connectivity index (χ3v) is 4.24. The monoisotopic (exact) mass is 299 g/mol. The van der Waals surface area contributed by atoms with Gasteiger partial charge in [0, 0.05) is 18.6 Å². The number of aliphatic hydroxyl groups excluding tert-OH is 2. The van der Waals surface area contributed by atoms with Crippen molar-refractivity contribution in [1.82, 2.24) is 4.90 Å². The third-order valence-electron chi connectivity index (χ3n) is 4.24. The van der Waals surface area contributed by atoms with E-state index in [1.54, 1.807) is 0 Å². The highest BCUT2D eigenvalue weighted by Gasteiger charge is 2.34. The molecule has 0 aromatic heterocycles. The Labute approximate surface area is 132 Å². The molecule has 3 nitrogen and oxygen atoms in total. The first-order chi connectivity index (χ1) is 10.5. The van der Waals surface area contributed by atoms with E-state index in [2.05, 4.69) is 29.2 Å². The number of rotatable bonds is 7. The molecule has 2 rings (SSSR count). The molecule has 0 saturated carbocycles. The molecule has 0 heterocycles. The Morgan fingerprint density at radius 1 is 0.864 bits per heavy atom. The van der Waals surface area contributed by atoms with Crippen LogP contribution >= 0.6 is 0 Å². The zero-order chi connectivity index (χ0) is 16.0. The normalized spacial score (nSPS) is 13.3. The van der Waals surface area contributed by atoms with Crippen LogP contribution in [-0.2, 0) is 13.1 Å². The summed E-state index contributed by atoms with van der Waals surface area (Å²) in [5, 5.41) is 19.6. The summed E-state index contributed by atoms with van der Waals surface area (Å²) in [5.74, 6) is 0. The fraction of sp³-hybridized carbons (Fsp3) is 0.368. The summed E-state index contributed by atoms with van der Waals surface area (Å²) < 4.78 is 0. The molecule has 0 unspecified atom stereocenters. The van der Waals surface area contributed by atoms with Crippen LogP contribution in [0, 0.1) is 0 Å². The molecule has 3 heteroatoms. The van der Waals surface area contributed by atoms with Crippen LogP contribution in [0.3, 0.4) is 0 Å². The van der Waals surface area contributed by atoms with Gasteiger partial charge in [0.25, 0.3) is 0 Å². The van der Waals surface area contributed by atoms with Crippen molar-refractivity contribution in [1.29, 1.82) is 0 Å². The minimum atomic E-state index is -0.792. The van der Waals surface area contributed by atoms with Gasteiger partial charge in [-0.2, -0.15) is 0 Å². The zero-order valence-corrected chi connectivity index (χ0v) is 13.3. The first-order valence-electron chi connectivity index (χ1n) is 7.66. The highest BCUT2D eigenvalue weighted by molar-refractivity contribution is 5.18. The van der Waals surface area contributed by atoms with Crippen molar-refractivity contribution in [2.45, 2.75) is 38.6 Å². The fourth-order valence-corrected chi connectivity index (χ4v) is 2.51. The maximum absolute atomic E-state index is 10.2. The lowest BCUT2D eigenvalue weighted by Crippen LogP contribution is -2.53. The molecule has 22 heavy (non-hydrogen) atoms. The Hall–Kier alpha value is -1.68. The summed E-state index contributed by atoms with van der Waals surface area (Å²) in [7, 11) is 0. The molecule has 0 spiro atoms. The maximum Gasteiger partial charge on any atom is 0.0948 e. The van der Waals surface area contributed by atoms with E-state index in [0.29, 0.717) is 0 Å². The standard InChI is InChI=1S/C19H25NO2/c1-19(2,18(22)15-21)20(13-16-9-5-3-6-10-16)14-17-11-7-4-8-12-17/h3-12,18,21-22H,13-15H2,1-2H3/t18-/m1/s1. The second-order valence-corrected chi connectivity index (χ2v) is 6.18. The van der Waals surface area contributed by atoms with Gasteiger partial charge in [-0.05, 0) is 25.0 Å². The quantitative estimate of drug-likeness (QED) is 0.826. The van der Waals surface area contributed by atoms with Crippen LogP contribution in [0.5, 0.6) is 0 Å². The van der Waals surface area contributed by atoms with Crippen LogP contribution in [0.25, 0.3) is 0 Å². The first kappa shape index (κ1) is 16.7. The van der Waals surface area contributed by atoms with Gasteiger partial charge in [-0.15, -0.1) is 0 Å². The van der Waals surface area contributed by atoms with Crippen molar-refractivity contribution < 1.29 is 10.2 Å². The van der Waals surface area contributed by atoms with Crippen molar-refractivity contribution in [3.05, 3.63) is 71.8 Å². The van der Waals surface area contributed by atoms with Gasteiger partial charge in [0.1, 0.15) is 0 Å². The van der Waals surface area contributed by atoms with E-state index >= 15 is 0 Å². The lowest BCUT2D eigenvalue weighted by Gasteiger charge is -2.41. The summed E-state index contributed by atoms with van der Waals surface area (Å²) in [5.41, 5.74) is 1.86. The lowest BCUT2D eigenvalue weighted by molar-refractivity contribution is -0.0459. The third kappa shape index (κ3) is 4.17. The molecular weight excluding hydrogens is 274 g/mol. The fourth-order valence-electron chi connectivity index (χ4n) is 2.51. The van der Waals surface area contributed by atoms with E-state index in [0.717, 1.165) is 13.1 Å². The smallest absolute Gasteiger partial charge is 0.0948 e. The van der Waals surface area contributed by atoms with Crippen LogP contribution in [0.4, 0.5) is 0 Å². The molecule has 0 bridgehead atoms. The van der Waals surface area contributed by atoms with Gasteiger partial charge < -0.3 is 10.2 Å². The highest BCUT2D eigenvalue weighted by Crippen LogP contribution is 2.24. The second kappa shape index (κ2) is 7.54. The highest BCUT2D eigenvalue weighted by atomic mass is 16.3. The molecule has 2 aromatic rings. The summed E-state index contributed by atoms with van der Waals surface area (Å²) in [6.45, 7) is 5.15. The number of aliphatic hydroxyl groups is 2. The molecule has 0 aliphatic carbocycles. The molecule has 0 radical (unpaired) electrons. The molecule has 2 aromatic carbocycles. The number of hydrogen-bond donors (Lipinski definition) is 2. The largest absolute Gasteiger partial charge is 0.394 e. The summed E-state index contributed by atoms with van der Waals surface area (Å²) in [4.78, 5) is 2.21. The van der Waals surface area contributed by atoms with E-state index in [1.165, 1.54) is 11.1 Å². The summed E-state index contributed by atoms with van der Waals surface area (Å²) >= 11 is 0. The van der Waals surface area contributed by atoms with Gasteiger partial charge in [0.05, 0.1) is 12.7 Å². The Bertz CT molecular complexity index is 513. The number of nitrogens with zero attached hydrogens (tertiary/aromatic N) is 1. The second-order valence-electron chi connectivity index (χ2n) is 6.18. The number of benzene rings is 2. The van der Waals surface area contributed by atoms with Crippen molar-refractivity contribution in [2.75, 3.05) is 6.61 Å². The van der Waals surface area contributed by atoms with Crippen molar-refractivity contribution in [3.63, 3.8) is 0 Å². The zero-order valence-electron chi connectivity index (χ0n) is 13.3. The maximum atomic E-state index is 10.2. The van der Waals surface area contributed by atoms with Gasteiger partial charge in [-0.1, -0.05) is 60.7 Å². The Morgan fingerprint density at radius 3 is 1.64 bits per heavy atom. The topological polar surface area (TPSA) is 43.7 Å². The molecule has 0 aliphatic rings. The molecule has 118 valence electrons. The first-order valence-corrected chi connectivity index (χ1v) is 7.66. The van der Waals surface area contributed by atoms with Crippen LogP contribution in [0.2, 0.25) is 0 Å². The molecule has 1 atom stereocenters. The van der Waals surface area contributed by atoms with Gasteiger partial charge in [0.2, 0.25) is 0 Å². The Balaban J connectivity index is 2.24. The van der Waals surface area contributed by atoms with E-state index in [-0.39, 0.29) is 6.61 Å². The molecule has 2 N–H and O–H groups in total. The van der Waals surface area contributed by atoms with Gasteiger partial charge in [-0.25, -0.2) is 0 Å². The van der Waals surface area contributed by atoms with Crippen LogP contribution < -0.4 is 0 Å². The number of hydrogen-bond acceptors (Lipinski definition) is 3. The average molecular weight is 299 g/mol. The molecule has 0 fully saturated rings. The predicted octanol–water partition coefficient (Wildman–Crippen LogP) is 2.82. The Kier molecular flexibility index (Phi) is 5.72. The van der Waals surface area contributed by atoms with Gasteiger partial charge in [-0.3, -0.25) is 4.90 Å². The molecule has 0 aliphatic heterocycles. The summed E-state index contributed by atoms with van der Waals surface area (Å²) in [6.07, 6.45) is -0.792. The van der Waals surface area contributed by atoms with Crippen molar-refractivity contribution in [2.24, 2.45) is 0 Å². The molecule has 0 amide bonds. The van der Waals surface area contributed by atoms with Crippen molar-refractivity contribution in [3.8, 4) is 0 Å². The van der Waals surface area contributed by atoms with E-state index in [4.69, 9.17) is 0 Å². The SMILES string of the molecule is CC(C)([C@H](O)CO)N(Cc1ccccc1)Cc1ccccc1. The van der Waals surface area contributed by atoms with Crippen LogP contribution in [0.1, 0.15) is 25.0 Å². The van der Waals surface area contributed by atoms with Crippen LogP contribution in [-0.4, -0.2) is 33.4 Å². The minimum absolute atomic E-state index is 0.243. The summed E-state index contributed by atoms with van der Waals surface area (Å²) in [6, 6.07) is 20.4. The molecular formula is C19H25NO2. The average Bonchev–Trinajstić information content (AvgIpc) is 2.55. The van der Waals surface area contributed by atoms with Gasteiger partial charge >= 0.3 is 0 Å². The van der Waals surface area contributed by atoms with E-state index in [1.807, 2.05) is 50.2 Å². The Morgan fingerprint density at radius 2 is 1.27 bits per heavy atom. The van der Waals surface area contributed by atoms with E-state index in [9.17, 15) is 10.2 Å². The predicted molar refractivity (Wildman–Crippen MR) is 89.3 cm³/mol. The van der Waals surface area contributed by atoms with Crippen LogP contribution in [0.15, 0.2) is 60.7 Å². The van der Waals surface area contributed by atoms with Crippen molar-refractivity contribution >= 4 is 0 Å². The lowest BCUT2D eigenvalue weighted by atomic mass is 9.93. The minimum Gasteiger partial charge on any atom is -0.394 e.